The Labute approximate surface area is 414 Å². The molecule has 10 aromatic carbocycles. The molecule has 0 radical (unpaired) electrons. The van der Waals surface area contributed by atoms with Crippen molar-refractivity contribution in [3.8, 4) is 11.1 Å². The zero-order chi connectivity index (χ0) is 47.8. The minimum Gasteiger partial charge on any atom is -0.310 e. The van der Waals surface area contributed by atoms with Crippen LogP contribution >= 0.6 is 0 Å². The van der Waals surface area contributed by atoms with E-state index in [1.54, 1.807) is 0 Å². The summed E-state index contributed by atoms with van der Waals surface area (Å²) in [5.74, 6) is 0. The second-order valence-corrected chi connectivity index (χ2v) is 18.1. The van der Waals surface area contributed by atoms with Crippen LogP contribution in [0.3, 0.4) is 0 Å². The van der Waals surface area contributed by atoms with Crippen LogP contribution < -0.4 is 9.80 Å². The number of benzene rings is 10. The minimum absolute atomic E-state index is 1.10. The van der Waals surface area contributed by atoms with E-state index in [1.165, 1.54) is 55.7 Å². The van der Waals surface area contributed by atoms with Crippen LogP contribution in [0.5, 0.6) is 0 Å². The Morgan fingerprint density at radius 2 is 0.514 bits per heavy atom. The number of rotatable bonds is 13. The Morgan fingerprint density at radius 1 is 0.257 bits per heavy atom. The van der Waals surface area contributed by atoms with E-state index in [-0.39, 0.29) is 0 Å². The third-order valence-electron chi connectivity index (χ3n) is 13.3. The molecular formula is C68H56N2. The first-order valence-electron chi connectivity index (χ1n) is 24.2. The first-order valence-corrected chi connectivity index (χ1v) is 24.2. The van der Waals surface area contributed by atoms with Gasteiger partial charge in [0.05, 0.1) is 0 Å². The van der Waals surface area contributed by atoms with E-state index in [0.29, 0.717) is 0 Å². The second-order valence-electron chi connectivity index (χ2n) is 18.1. The summed E-state index contributed by atoms with van der Waals surface area (Å²) >= 11 is 0. The molecule has 70 heavy (non-hydrogen) atoms. The predicted octanol–water partition coefficient (Wildman–Crippen LogP) is 18.7. The molecule has 0 saturated heterocycles. The predicted molar refractivity (Wildman–Crippen MR) is 300 cm³/mol. The third-order valence-corrected chi connectivity index (χ3v) is 13.3. The molecule has 2 heteroatoms. The van der Waals surface area contributed by atoms with E-state index in [0.717, 1.165) is 56.4 Å². The molecule has 0 spiro atoms. The van der Waals surface area contributed by atoms with Crippen LogP contribution in [0.1, 0.15) is 55.6 Å². The molecule has 338 valence electrons. The van der Waals surface area contributed by atoms with E-state index < -0.39 is 0 Å². The highest BCUT2D eigenvalue weighted by molar-refractivity contribution is 5.93. The Hall–Kier alpha value is -8.72. The Balaban J connectivity index is 0.950. The van der Waals surface area contributed by atoms with Gasteiger partial charge in [-0.05, 0) is 191 Å². The van der Waals surface area contributed by atoms with Crippen LogP contribution in [0.25, 0.3) is 34.4 Å². The molecule has 0 fully saturated rings. The zero-order valence-corrected chi connectivity index (χ0v) is 40.3. The summed E-state index contributed by atoms with van der Waals surface area (Å²) in [5, 5.41) is 0. The van der Waals surface area contributed by atoms with E-state index in [1.807, 2.05) is 0 Å². The fourth-order valence-electron chi connectivity index (χ4n) is 9.14. The van der Waals surface area contributed by atoms with Gasteiger partial charge in [-0.15, -0.1) is 0 Å². The van der Waals surface area contributed by atoms with Gasteiger partial charge in [0.25, 0.3) is 0 Å². The molecule has 0 unspecified atom stereocenters. The van der Waals surface area contributed by atoms with Crippen molar-refractivity contribution in [1.82, 2.24) is 0 Å². The second kappa shape index (κ2) is 20.7. The standard InChI is InChI=1S/C68H56N2/c1-49-25-35-65(45-51(49)3)69(61-37-27-53(28-38-61)47-67(57-17-9-5-10-18-57)58-19-11-6-12-20-58)63-41-31-55(32-42-63)56-33-43-64(44-34-56)70(66-36-26-50(2)52(4)46-66)62-39-29-54(30-40-62)48-68(59-21-13-7-14-22-59)60-23-15-8-16-24-60/h5-48H,1-4H3. The van der Waals surface area contributed by atoms with Gasteiger partial charge in [-0.2, -0.15) is 0 Å². The number of anilines is 6. The van der Waals surface area contributed by atoms with Gasteiger partial charge in [0.1, 0.15) is 0 Å². The summed E-state index contributed by atoms with van der Waals surface area (Å²) < 4.78 is 0. The molecule has 0 amide bonds. The maximum atomic E-state index is 2.36. The lowest BCUT2D eigenvalue weighted by Gasteiger charge is -2.27. The quantitative estimate of drug-likeness (QED) is 0.106. The minimum atomic E-state index is 1.10. The zero-order valence-electron chi connectivity index (χ0n) is 40.3. The summed E-state index contributed by atoms with van der Waals surface area (Å²) in [4.78, 5) is 4.71. The van der Waals surface area contributed by atoms with Crippen LogP contribution in [-0.4, -0.2) is 0 Å². The van der Waals surface area contributed by atoms with Gasteiger partial charge in [0, 0.05) is 34.1 Å². The molecular weight excluding hydrogens is 845 g/mol. The summed E-state index contributed by atoms with van der Waals surface area (Å²) in [7, 11) is 0. The van der Waals surface area contributed by atoms with Gasteiger partial charge in [-0.1, -0.05) is 182 Å². The van der Waals surface area contributed by atoms with E-state index in [9.17, 15) is 0 Å². The lowest BCUT2D eigenvalue weighted by atomic mass is 9.95. The molecule has 0 heterocycles. The molecule has 0 N–H and O–H groups in total. The van der Waals surface area contributed by atoms with Gasteiger partial charge in [0.2, 0.25) is 0 Å². The Bertz CT molecular complexity index is 3070. The molecule has 0 saturated carbocycles. The van der Waals surface area contributed by atoms with Gasteiger partial charge in [-0.3, -0.25) is 0 Å². The highest BCUT2D eigenvalue weighted by atomic mass is 15.1. The van der Waals surface area contributed by atoms with Crippen LogP contribution in [-0.2, 0) is 0 Å². The van der Waals surface area contributed by atoms with Crippen LogP contribution in [0, 0.1) is 27.7 Å². The molecule has 0 bridgehead atoms. The summed E-state index contributed by atoms with van der Waals surface area (Å²) in [6, 6.07) is 91.8. The van der Waals surface area contributed by atoms with Crippen molar-refractivity contribution in [1.29, 1.82) is 0 Å². The highest BCUT2D eigenvalue weighted by Crippen LogP contribution is 2.40. The van der Waals surface area contributed by atoms with Crippen molar-refractivity contribution in [2.24, 2.45) is 0 Å². The third kappa shape index (κ3) is 10.1. The monoisotopic (exact) mass is 900 g/mol. The SMILES string of the molecule is Cc1ccc(N(c2ccc(C=C(c3ccccc3)c3ccccc3)cc2)c2ccc(-c3ccc(N(c4ccc(C=C(c5ccccc5)c5ccccc5)cc4)c4ccc(C)c(C)c4)cc3)cc2)cc1C. The summed E-state index contributed by atoms with van der Waals surface area (Å²) in [5.41, 5.74) is 23.5. The van der Waals surface area contributed by atoms with Gasteiger partial charge >= 0.3 is 0 Å². The van der Waals surface area contributed by atoms with Crippen LogP contribution in [0.2, 0.25) is 0 Å². The first kappa shape index (κ1) is 45.1. The maximum absolute atomic E-state index is 2.36. The molecule has 2 nitrogen and oxygen atoms in total. The van der Waals surface area contributed by atoms with E-state index in [4.69, 9.17) is 0 Å². The molecule has 0 aromatic heterocycles. The lowest BCUT2D eigenvalue weighted by molar-refractivity contribution is 1.25. The largest absolute Gasteiger partial charge is 0.310 e. The number of nitrogens with zero attached hydrogens (tertiary/aromatic N) is 2. The van der Waals surface area contributed by atoms with Crippen molar-refractivity contribution in [3.05, 3.63) is 310 Å². The number of hydrogen-bond acceptors (Lipinski definition) is 2. The maximum Gasteiger partial charge on any atom is 0.0464 e. The van der Waals surface area contributed by atoms with Gasteiger partial charge in [-0.25, -0.2) is 0 Å². The van der Waals surface area contributed by atoms with E-state index in [2.05, 4.69) is 304 Å². The molecule has 10 rings (SSSR count). The lowest BCUT2D eigenvalue weighted by Crippen LogP contribution is -2.10. The molecule has 0 atom stereocenters. The van der Waals surface area contributed by atoms with Crippen molar-refractivity contribution in [3.63, 3.8) is 0 Å². The van der Waals surface area contributed by atoms with Crippen LogP contribution in [0.15, 0.2) is 255 Å². The molecule has 0 aliphatic heterocycles. The Morgan fingerprint density at radius 3 is 0.786 bits per heavy atom. The van der Waals surface area contributed by atoms with Gasteiger partial charge < -0.3 is 9.80 Å². The number of hydrogen-bond donors (Lipinski definition) is 0. The molecule has 10 aromatic rings. The smallest absolute Gasteiger partial charge is 0.0464 e. The van der Waals surface area contributed by atoms with Crippen molar-refractivity contribution >= 4 is 57.4 Å². The summed E-state index contributed by atoms with van der Waals surface area (Å²) in [6.45, 7) is 8.72. The Kier molecular flexibility index (Phi) is 13.3. The first-order chi connectivity index (χ1) is 34.3. The van der Waals surface area contributed by atoms with Crippen molar-refractivity contribution in [2.45, 2.75) is 27.7 Å². The normalized spacial score (nSPS) is 10.9. The topological polar surface area (TPSA) is 6.48 Å². The number of aryl methyl sites for hydroxylation is 4. The average molecular weight is 901 g/mol. The van der Waals surface area contributed by atoms with E-state index >= 15 is 0 Å². The average Bonchev–Trinajstić information content (AvgIpc) is 3.41. The molecule has 0 aliphatic rings. The highest BCUT2D eigenvalue weighted by Gasteiger charge is 2.17. The fraction of sp³-hybridized carbons (Fsp3) is 0.0588. The van der Waals surface area contributed by atoms with Crippen LogP contribution in [0.4, 0.5) is 34.1 Å². The summed E-state index contributed by atoms with van der Waals surface area (Å²) in [6.07, 6.45) is 4.58. The fourth-order valence-corrected chi connectivity index (χ4v) is 9.14. The molecule has 0 aliphatic carbocycles. The van der Waals surface area contributed by atoms with Crippen molar-refractivity contribution in [2.75, 3.05) is 9.80 Å². The van der Waals surface area contributed by atoms with Crippen molar-refractivity contribution < 1.29 is 0 Å². The van der Waals surface area contributed by atoms with Gasteiger partial charge in [0.15, 0.2) is 0 Å².